The van der Waals surface area contributed by atoms with Crippen LogP contribution in [0.15, 0.2) is 40.9 Å². The van der Waals surface area contributed by atoms with E-state index in [0.29, 0.717) is 37.3 Å². The minimum Gasteiger partial charge on any atom is -0.477 e. The summed E-state index contributed by atoms with van der Waals surface area (Å²) in [6.07, 6.45) is 3.58. The number of ether oxygens (including phenoxy) is 2. The van der Waals surface area contributed by atoms with Crippen molar-refractivity contribution < 1.29 is 18.7 Å². The number of rotatable bonds is 4. The van der Waals surface area contributed by atoms with Crippen molar-refractivity contribution in [1.29, 1.82) is 0 Å². The summed E-state index contributed by atoms with van der Waals surface area (Å²) in [6.45, 7) is 3.61. The first kappa shape index (κ1) is 16.1. The normalized spacial score (nSPS) is 25.6. The Morgan fingerprint density at radius 2 is 2.24 bits per heavy atom. The fourth-order valence-electron chi connectivity index (χ4n) is 3.77. The van der Waals surface area contributed by atoms with Gasteiger partial charge in [-0.2, -0.15) is 0 Å². The fraction of sp³-hybridized carbons (Fsp3) is 0.474. The first-order chi connectivity index (χ1) is 12.2. The van der Waals surface area contributed by atoms with E-state index in [1.54, 1.807) is 12.3 Å². The molecule has 0 N–H and O–H groups in total. The molecule has 2 aromatic rings. The number of carbonyl (C=O) groups excluding carboxylic acids is 1. The van der Waals surface area contributed by atoms with Crippen LogP contribution < -0.4 is 4.74 Å². The molecule has 2 aromatic heterocycles. The van der Waals surface area contributed by atoms with Gasteiger partial charge >= 0.3 is 0 Å². The number of aryl methyl sites for hydroxylation is 1. The quantitative estimate of drug-likeness (QED) is 0.855. The number of pyridine rings is 1. The third-order valence-electron chi connectivity index (χ3n) is 4.95. The van der Waals surface area contributed by atoms with Crippen LogP contribution in [0.4, 0.5) is 0 Å². The van der Waals surface area contributed by atoms with E-state index in [-0.39, 0.29) is 18.1 Å². The average molecular weight is 342 g/mol. The monoisotopic (exact) mass is 342 g/mol. The van der Waals surface area contributed by atoms with Crippen molar-refractivity contribution in [1.82, 2.24) is 9.88 Å². The number of nitrogens with zero attached hydrogens (tertiary/aromatic N) is 2. The van der Waals surface area contributed by atoms with Crippen LogP contribution in [-0.2, 0) is 4.74 Å². The Morgan fingerprint density at radius 1 is 1.32 bits per heavy atom. The molecule has 1 saturated heterocycles. The van der Waals surface area contributed by atoms with E-state index in [1.165, 1.54) is 0 Å². The predicted octanol–water partition coefficient (Wildman–Crippen LogP) is 2.68. The second-order valence-electron chi connectivity index (χ2n) is 6.70. The van der Waals surface area contributed by atoms with Crippen LogP contribution in [0.1, 0.15) is 29.2 Å². The average Bonchev–Trinajstić information content (AvgIpc) is 3.26. The zero-order valence-corrected chi connectivity index (χ0v) is 14.3. The summed E-state index contributed by atoms with van der Waals surface area (Å²) in [5.74, 6) is 2.10. The van der Waals surface area contributed by atoms with Crippen molar-refractivity contribution >= 4 is 5.91 Å². The minimum atomic E-state index is -0.0438. The zero-order valence-electron chi connectivity index (χ0n) is 14.3. The molecule has 25 heavy (non-hydrogen) atoms. The van der Waals surface area contributed by atoms with Gasteiger partial charge in [0.25, 0.3) is 5.91 Å². The molecule has 2 aliphatic rings. The summed E-state index contributed by atoms with van der Waals surface area (Å²) in [5.41, 5.74) is 0. The Morgan fingerprint density at radius 3 is 3.00 bits per heavy atom. The number of hydrogen-bond donors (Lipinski definition) is 0. The number of carbonyl (C=O) groups is 1. The van der Waals surface area contributed by atoms with E-state index in [4.69, 9.17) is 13.9 Å². The van der Waals surface area contributed by atoms with Crippen LogP contribution >= 0.6 is 0 Å². The molecule has 1 aliphatic carbocycles. The first-order valence-corrected chi connectivity index (χ1v) is 8.73. The highest BCUT2D eigenvalue weighted by Gasteiger charge is 2.43. The number of fused-ring (bicyclic) bond motifs is 1. The summed E-state index contributed by atoms with van der Waals surface area (Å²) < 4.78 is 17.2. The van der Waals surface area contributed by atoms with Crippen molar-refractivity contribution in [2.75, 3.05) is 19.8 Å². The highest BCUT2D eigenvalue weighted by Crippen LogP contribution is 2.35. The molecule has 4 rings (SSSR count). The van der Waals surface area contributed by atoms with Crippen LogP contribution in [0.2, 0.25) is 0 Å². The molecule has 0 radical (unpaired) electrons. The van der Waals surface area contributed by atoms with Crippen LogP contribution in [0.3, 0.4) is 0 Å². The largest absolute Gasteiger partial charge is 0.477 e. The van der Waals surface area contributed by atoms with Gasteiger partial charge in [-0.25, -0.2) is 4.98 Å². The van der Waals surface area contributed by atoms with Crippen LogP contribution in [0.5, 0.6) is 5.88 Å². The molecule has 6 nitrogen and oxygen atoms in total. The van der Waals surface area contributed by atoms with E-state index < -0.39 is 0 Å². The van der Waals surface area contributed by atoms with Crippen molar-refractivity contribution in [3.8, 4) is 5.88 Å². The molecule has 6 heteroatoms. The standard InChI is InChI=1S/C19H22N2O4/c1-13-5-6-16(25-13)19(22)21-8-9-23-17-11-14(10-15(17)21)12-24-18-4-2-3-7-20-18/h2-7,14-15,17H,8-12H2,1H3/t14?,15-,17-/m1/s1. The smallest absolute Gasteiger partial charge is 0.289 e. The van der Waals surface area contributed by atoms with Gasteiger partial charge in [-0.15, -0.1) is 0 Å². The van der Waals surface area contributed by atoms with E-state index in [1.807, 2.05) is 36.1 Å². The summed E-state index contributed by atoms with van der Waals surface area (Å²) in [4.78, 5) is 18.9. The van der Waals surface area contributed by atoms with E-state index >= 15 is 0 Å². The molecule has 132 valence electrons. The third kappa shape index (κ3) is 3.39. The van der Waals surface area contributed by atoms with Gasteiger partial charge < -0.3 is 18.8 Å². The molecule has 3 atom stereocenters. The van der Waals surface area contributed by atoms with Gasteiger partial charge in [0.2, 0.25) is 5.88 Å². The molecular formula is C19H22N2O4. The van der Waals surface area contributed by atoms with Crippen LogP contribution in [0, 0.1) is 12.8 Å². The predicted molar refractivity (Wildman–Crippen MR) is 90.5 cm³/mol. The molecule has 1 aliphatic heterocycles. The number of amides is 1. The number of aromatic nitrogens is 1. The van der Waals surface area contributed by atoms with Crippen molar-refractivity contribution in [2.45, 2.75) is 31.9 Å². The second-order valence-corrected chi connectivity index (χ2v) is 6.70. The van der Waals surface area contributed by atoms with Gasteiger partial charge in [-0.05, 0) is 43.9 Å². The maximum atomic E-state index is 12.8. The lowest BCUT2D eigenvalue weighted by Gasteiger charge is -2.37. The molecule has 1 unspecified atom stereocenters. The molecule has 1 amide bonds. The summed E-state index contributed by atoms with van der Waals surface area (Å²) >= 11 is 0. The molecule has 2 fully saturated rings. The van der Waals surface area contributed by atoms with Gasteiger partial charge in [0.1, 0.15) is 5.76 Å². The Hall–Kier alpha value is -2.34. The topological polar surface area (TPSA) is 64.8 Å². The highest BCUT2D eigenvalue weighted by molar-refractivity contribution is 5.92. The van der Waals surface area contributed by atoms with Gasteiger partial charge in [-0.1, -0.05) is 6.07 Å². The summed E-state index contributed by atoms with van der Waals surface area (Å²) in [7, 11) is 0. The van der Waals surface area contributed by atoms with Crippen molar-refractivity contribution in [2.24, 2.45) is 5.92 Å². The lowest BCUT2D eigenvalue weighted by atomic mass is 10.1. The zero-order chi connectivity index (χ0) is 17.2. The summed E-state index contributed by atoms with van der Waals surface area (Å²) in [5, 5.41) is 0. The number of morpholine rings is 1. The highest BCUT2D eigenvalue weighted by atomic mass is 16.5. The first-order valence-electron chi connectivity index (χ1n) is 8.73. The fourth-order valence-corrected chi connectivity index (χ4v) is 3.77. The van der Waals surface area contributed by atoms with Gasteiger partial charge in [-0.3, -0.25) is 4.79 Å². The lowest BCUT2D eigenvalue weighted by Crippen LogP contribution is -2.51. The summed E-state index contributed by atoms with van der Waals surface area (Å²) in [6, 6.07) is 9.29. The van der Waals surface area contributed by atoms with Crippen LogP contribution in [0.25, 0.3) is 0 Å². The van der Waals surface area contributed by atoms with Gasteiger partial charge in [0.05, 0.1) is 25.4 Å². The molecule has 0 aromatic carbocycles. The Balaban J connectivity index is 1.40. The maximum Gasteiger partial charge on any atom is 0.289 e. The number of furan rings is 1. The Kier molecular flexibility index (Phi) is 4.44. The van der Waals surface area contributed by atoms with E-state index in [9.17, 15) is 4.79 Å². The number of hydrogen-bond acceptors (Lipinski definition) is 5. The molecule has 0 bridgehead atoms. The van der Waals surface area contributed by atoms with E-state index in [2.05, 4.69) is 4.98 Å². The third-order valence-corrected chi connectivity index (χ3v) is 4.95. The lowest BCUT2D eigenvalue weighted by molar-refractivity contribution is -0.0457. The van der Waals surface area contributed by atoms with Crippen molar-refractivity contribution in [3.05, 3.63) is 48.0 Å². The SMILES string of the molecule is Cc1ccc(C(=O)N2CCO[C@@H]3CC(COc4ccccn4)C[C@H]32)o1. The molecule has 3 heterocycles. The Labute approximate surface area is 146 Å². The van der Waals surface area contributed by atoms with Gasteiger partial charge in [0.15, 0.2) is 5.76 Å². The molecule has 0 spiro atoms. The van der Waals surface area contributed by atoms with Crippen LogP contribution in [-0.4, -0.2) is 47.7 Å². The van der Waals surface area contributed by atoms with Crippen molar-refractivity contribution in [3.63, 3.8) is 0 Å². The second kappa shape index (κ2) is 6.88. The van der Waals surface area contributed by atoms with E-state index in [0.717, 1.165) is 18.6 Å². The maximum absolute atomic E-state index is 12.8. The molecule has 1 saturated carbocycles. The molecular weight excluding hydrogens is 320 g/mol. The van der Waals surface area contributed by atoms with Gasteiger partial charge in [0, 0.05) is 18.8 Å². The Bertz CT molecular complexity index is 730. The minimum absolute atomic E-state index is 0.0438.